The molecule has 0 aliphatic carbocycles. The molecule has 0 unspecified atom stereocenters. The lowest BCUT2D eigenvalue weighted by atomic mass is 9.99. The fourth-order valence-corrected chi connectivity index (χ4v) is 3.15. The van der Waals surface area contributed by atoms with Gasteiger partial charge in [0.1, 0.15) is 5.75 Å². The van der Waals surface area contributed by atoms with Crippen LogP contribution in [0.5, 0.6) is 11.5 Å². The second-order valence-electron chi connectivity index (χ2n) is 8.44. The Balaban J connectivity index is 1.64. The monoisotopic (exact) mass is 476 g/mol. The predicted molar refractivity (Wildman–Crippen MR) is 134 cm³/mol. The number of carbonyl (C=O) groups is 2. The third-order valence-electron chi connectivity index (χ3n) is 5.13. The summed E-state index contributed by atoms with van der Waals surface area (Å²) in [5.41, 5.74) is 3.81. The van der Waals surface area contributed by atoms with Crippen molar-refractivity contribution < 1.29 is 28.2 Å². The molecule has 3 aromatic rings. The van der Waals surface area contributed by atoms with Crippen molar-refractivity contribution in [2.75, 3.05) is 13.2 Å². The van der Waals surface area contributed by atoms with Gasteiger partial charge in [-0.2, -0.15) is 0 Å². The lowest BCUT2D eigenvalue weighted by Crippen LogP contribution is -2.14. The van der Waals surface area contributed by atoms with E-state index in [4.69, 9.17) is 14.2 Å². The fourth-order valence-electron chi connectivity index (χ4n) is 3.15. The maximum atomic E-state index is 14.6. The Morgan fingerprint density at radius 1 is 0.886 bits per heavy atom. The first kappa shape index (κ1) is 25.7. The van der Waals surface area contributed by atoms with Gasteiger partial charge in [-0.05, 0) is 59.5 Å². The Kier molecular flexibility index (Phi) is 8.79. The van der Waals surface area contributed by atoms with Crippen LogP contribution < -0.4 is 9.47 Å². The summed E-state index contributed by atoms with van der Waals surface area (Å²) in [6.07, 6.45) is 0.442. The van der Waals surface area contributed by atoms with Crippen LogP contribution >= 0.6 is 0 Å². The summed E-state index contributed by atoms with van der Waals surface area (Å²) >= 11 is 0. The van der Waals surface area contributed by atoms with Gasteiger partial charge in [0.25, 0.3) is 0 Å². The molecular weight excluding hydrogens is 447 g/mol. The second-order valence-corrected chi connectivity index (χ2v) is 8.44. The molecule has 0 N–H and O–H groups in total. The zero-order chi connectivity index (χ0) is 25.4. The van der Waals surface area contributed by atoms with Crippen LogP contribution in [0.25, 0.3) is 22.3 Å². The number of esters is 2. The normalized spacial score (nSPS) is 10.7. The summed E-state index contributed by atoms with van der Waals surface area (Å²) in [4.78, 5) is 23.1. The van der Waals surface area contributed by atoms with E-state index in [9.17, 15) is 14.0 Å². The van der Waals surface area contributed by atoms with E-state index < -0.39 is 11.8 Å². The molecule has 0 atom stereocenters. The minimum atomic E-state index is -0.469. The van der Waals surface area contributed by atoms with Crippen molar-refractivity contribution >= 4 is 11.9 Å². The zero-order valence-electron chi connectivity index (χ0n) is 20.2. The number of benzene rings is 3. The molecule has 35 heavy (non-hydrogen) atoms. The number of rotatable bonds is 10. The number of hydrogen-bond acceptors (Lipinski definition) is 5. The van der Waals surface area contributed by atoms with E-state index in [1.54, 1.807) is 45.0 Å². The van der Waals surface area contributed by atoms with Crippen molar-refractivity contribution in [3.63, 3.8) is 0 Å². The summed E-state index contributed by atoms with van der Waals surface area (Å²) < 4.78 is 30.5. The molecular formula is C29H29FO5. The summed E-state index contributed by atoms with van der Waals surface area (Å²) in [7, 11) is 0. The van der Waals surface area contributed by atoms with E-state index in [2.05, 4.69) is 6.58 Å². The van der Waals surface area contributed by atoms with Gasteiger partial charge >= 0.3 is 11.9 Å². The molecule has 0 aromatic heterocycles. The molecule has 0 bridgehead atoms. The highest BCUT2D eigenvalue weighted by Crippen LogP contribution is 2.30. The average molecular weight is 477 g/mol. The maximum Gasteiger partial charge on any atom is 0.333 e. The molecule has 6 heteroatoms. The third kappa shape index (κ3) is 7.27. The molecule has 0 amide bonds. The van der Waals surface area contributed by atoms with E-state index >= 15 is 0 Å². The van der Waals surface area contributed by atoms with Crippen LogP contribution in [0.4, 0.5) is 4.39 Å². The molecule has 0 spiro atoms. The quantitative estimate of drug-likeness (QED) is 0.143. The molecule has 0 aliphatic heterocycles. The highest BCUT2D eigenvalue weighted by atomic mass is 19.1. The fraction of sp³-hybridized carbons (Fsp3) is 0.241. The Morgan fingerprint density at radius 2 is 1.51 bits per heavy atom. The number of halogens is 1. The number of hydrogen-bond donors (Lipinski definition) is 0. The lowest BCUT2D eigenvalue weighted by molar-refractivity contribution is -0.139. The van der Waals surface area contributed by atoms with Crippen LogP contribution in [0, 0.1) is 11.7 Å². The van der Waals surface area contributed by atoms with Gasteiger partial charge in [-0.3, -0.25) is 4.79 Å². The molecule has 182 valence electrons. The van der Waals surface area contributed by atoms with E-state index in [1.165, 1.54) is 6.07 Å². The highest BCUT2D eigenvalue weighted by molar-refractivity contribution is 5.86. The first-order chi connectivity index (χ1) is 16.7. The van der Waals surface area contributed by atoms with Gasteiger partial charge in [-0.15, -0.1) is 0 Å². The molecule has 0 aliphatic rings. The topological polar surface area (TPSA) is 61.8 Å². The largest absolute Gasteiger partial charge is 0.490 e. The van der Waals surface area contributed by atoms with Crippen molar-refractivity contribution in [1.29, 1.82) is 0 Å². The van der Waals surface area contributed by atoms with Gasteiger partial charge in [0.15, 0.2) is 11.6 Å². The first-order valence-corrected chi connectivity index (χ1v) is 11.4. The van der Waals surface area contributed by atoms with E-state index in [-0.39, 0.29) is 30.9 Å². The molecule has 0 fully saturated rings. The van der Waals surface area contributed by atoms with Crippen molar-refractivity contribution in [2.45, 2.75) is 27.2 Å². The Bertz CT molecular complexity index is 1200. The SMILES string of the molecule is C=C(C)C(=O)OCCCOc1ccc(-c2cccc(-c3ccc(OC(=O)C(C)C)cc3)c2)cc1F. The molecule has 3 aromatic carbocycles. The van der Waals surface area contributed by atoms with E-state index in [0.29, 0.717) is 17.7 Å². The molecule has 0 saturated heterocycles. The number of ether oxygens (including phenoxy) is 3. The summed E-state index contributed by atoms with van der Waals surface area (Å²) in [6.45, 7) is 9.06. The summed E-state index contributed by atoms with van der Waals surface area (Å²) in [6, 6.07) is 19.9. The summed E-state index contributed by atoms with van der Waals surface area (Å²) in [5.74, 6) is -0.760. The first-order valence-electron chi connectivity index (χ1n) is 11.4. The van der Waals surface area contributed by atoms with E-state index in [0.717, 1.165) is 22.3 Å². The lowest BCUT2D eigenvalue weighted by Gasteiger charge is -2.11. The van der Waals surface area contributed by atoms with Gasteiger partial charge in [0.2, 0.25) is 0 Å². The van der Waals surface area contributed by atoms with Crippen molar-refractivity contribution in [3.05, 3.63) is 84.7 Å². The van der Waals surface area contributed by atoms with Crippen LogP contribution in [0.2, 0.25) is 0 Å². The summed E-state index contributed by atoms with van der Waals surface area (Å²) in [5, 5.41) is 0. The van der Waals surface area contributed by atoms with Crippen LogP contribution in [-0.4, -0.2) is 25.2 Å². The van der Waals surface area contributed by atoms with Crippen LogP contribution in [-0.2, 0) is 14.3 Å². The highest BCUT2D eigenvalue weighted by Gasteiger charge is 2.11. The molecule has 0 heterocycles. The Hall–Kier alpha value is -3.93. The number of carbonyl (C=O) groups excluding carboxylic acids is 2. The smallest absolute Gasteiger partial charge is 0.333 e. The van der Waals surface area contributed by atoms with Crippen LogP contribution in [0.15, 0.2) is 78.9 Å². The maximum absolute atomic E-state index is 14.6. The molecule has 0 saturated carbocycles. The Morgan fingerprint density at radius 3 is 2.14 bits per heavy atom. The molecule has 0 radical (unpaired) electrons. The molecule has 3 rings (SSSR count). The minimum Gasteiger partial charge on any atom is -0.490 e. The van der Waals surface area contributed by atoms with Gasteiger partial charge in [-0.25, -0.2) is 9.18 Å². The van der Waals surface area contributed by atoms with Gasteiger partial charge in [-0.1, -0.05) is 56.8 Å². The molecule has 5 nitrogen and oxygen atoms in total. The van der Waals surface area contributed by atoms with Crippen molar-refractivity contribution in [3.8, 4) is 33.8 Å². The second kappa shape index (κ2) is 12.0. The Labute approximate surface area is 205 Å². The standard InChI is InChI=1S/C29H29FO5/c1-19(2)28(31)34-16-6-15-33-27-14-11-24(18-26(27)30)23-8-5-7-22(17-23)21-9-12-25(13-10-21)35-29(32)20(3)4/h5,7-14,17-18,20H,1,6,15-16H2,2-4H3. The zero-order valence-corrected chi connectivity index (χ0v) is 20.2. The van der Waals surface area contributed by atoms with Crippen molar-refractivity contribution in [1.82, 2.24) is 0 Å². The van der Waals surface area contributed by atoms with Crippen LogP contribution in [0.1, 0.15) is 27.2 Å². The average Bonchev–Trinajstić information content (AvgIpc) is 2.85. The van der Waals surface area contributed by atoms with E-state index in [1.807, 2.05) is 36.4 Å². The predicted octanol–water partition coefficient (Wildman–Crippen LogP) is 6.61. The van der Waals surface area contributed by atoms with Crippen molar-refractivity contribution in [2.24, 2.45) is 5.92 Å². The van der Waals surface area contributed by atoms with Gasteiger partial charge in [0.05, 0.1) is 19.1 Å². The van der Waals surface area contributed by atoms with Gasteiger partial charge < -0.3 is 14.2 Å². The minimum absolute atomic E-state index is 0.141. The van der Waals surface area contributed by atoms with Crippen LogP contribution in [0.3, 0.4) is 0 Å². The van der Waals surface area contributed by atoms with Gasteiger partial charge in [0, 0.05) is 12.0 Å². The third-order valence-corrected chi connectivity index (χ3v) is 5.13.